The topological polar surface area (TPSA) is 53.1 Å². The zero-order valence-electron chi connectivity index (χ0n) is 13.9. The Labute approximate surface area is 136 Å². The van der Waals surface area contributed by atoms with E-state index in [-0.39, 0.29) is 0 Å². The maximum absolute atomic E-state index is 6.05. The van der Waals surface area contributed by atoms with Crippen LogP contribution in [-0.2, 0) is 6.54 Å². The summed E-state index contributed by atoms with van der Waals surface area (Å²) in [6.07, 6.45) is 0. The molecule has 0 bridgehead atoms. The minimum atomic E-state index is 0.435. The first-order chi connectivity index (χ1) is 11.1. The lowest BCUT2D eigenvalue weighted by Crippen LogP contribution is -2.11. The number of hydrogen-bond donors (Lipinski definition) is 1. The van der Waals surface area contributed by atoms with E-state index in [1.807, 2.05) is 28.8 Å². The number of nitrogens with two attached hydrogens (primary N) is 1. The number of aryl methyl sites for hydroxylation is 1. The Morgan fingerprint density at radius 2 is 1.96 bits per heavy atom. The van der Waals surface area contributed by atoms with Crippen LogP contribution in [0.3, 0.4) is 0 Å². The molecule has 0 aliphatic carbocycles. The van der Waals surface area contributed by atoms with Crippen molar-refractivity contribution in [3.05, 3.63) is 53.6 Å². The van der Waals surface area contributed by atoms with E-state index in [2.05, 4.69) is 44.0 Å². The number of ether oxygens (including phenoxy) is 1. The first kappa shape index (κ1) is 15.4. The molecule has 4 heteroatoms. The zero-order valence-corrected chi connectivity index (χ0v) is 13.9. The maximum atomic E-state index is 6.05. The van der Waals surface area contributed by atoms with Crippen LogP contribution in [-0.4, -0.2) is 16.2 Å². The second-order valence-electron chi connectivity index (χ2n) is 6.15. The molecular weight excluding hydrogens is 286 g/mol. The minimum Gasteiger partial charge on any atom is -0.491 e. The Hall–Kier alpha value is -2.49. The Morgan fingerprint density at radius 1 is 1.17 bits per heavy atom. The third-order valence-corrected chi connectivity index (χ3v) is 4.05. The summed E-state index contributed by atoms with van der Waals surface area (Å²) in [5.74, 6) is 1.93. The van der Waals surface area contributed by atoms with Gasteiger partial charge in [-0.25, -0.2) is 4.98 Å². The van der Waals surface area contributed by atoms with Crippen molar-refractivity contribution in [3.8, 4) is 5.75 Å². The third kappa shape index (κ3) is 3.16. The summed E-state index contributed by atoms with van der Waals surface area (Å²) in [4.78, 5) is 4.38. The molecule has 3 aromatic rings. The van der Waals surface area contributed by atoms with Crippen molar-refractivity contribution in [1.82, 2.24) is 9.55 Å². The lowest BCUT2D eigenvalue weighted by atomic mass is 10.0. The van der Waals surface area contributed by atoms with Gasteiger partial charge in [0.15, 0.2) is 0 Å². The monoisotopic (exact) mass is 309 g/mol. The molecule has 120 valence electrons. The van der Waals surface area contributed by atoms with Crippen LogP contribution >= 0.6 is 0 Å². The summed E-state index contributed by atoms with van der Waals surface area (Å²) < 4.78 is 8.05. The highest BCUT2D eigenvalue weighted by Gasteiger charge is 2.10. The predicted octanol–water partition coefficient (Wildman–Crippen LogP) is 4.13. The van der Waals surface area contributed by atoms with Crippen LogP contribution in [0.2, 0.25) is 0 Å². The van der Waals surface area contributed by atoms with Crippen LogP contribution in [0.15, 0.2) is 42.5 Å². The summed E-state index contributed by atoms with van der Waals surface area (Å²) >= 11 is 0. The molecule has 1 heterocycles. The maximum Gasteiger partial charge on any atom is 0.201 e. The van der Waals surface area contributed by atoms with Gasteiger partial charge < -0.3 is 15.0 Å². The molecule has 0 unspecified atom stereocenters. The molecule has 0 saturated heterocycles. The van der Waals surface area contributed by atoms with Crippen molar-refractivity contribution in [2.75, 3.05) is 12.3 Å². The molecule has 0 fully saturated rings. The molecule has 0 radical (unpaired) electrons. The fraction of sp³-hybridized carbons (Fsp3) is 0.316. The van der Waals surface area contributed by atoms with Crippen LogP contribution in [0, 0.1) is 6.92 Å². The summed E-state index contributed by atoms with van der Waals surface area (Å²) in [6.45, 7) is 7.68. The summed E-state index contributed by atoms with van der Waals surface area (Å²) in [5.41, 5.74) is 10.4. The van der Waals surface area contributed by atoms with Gasteiger partial charge in [0.2, 0.25) is 5.95 Å². The number of benzene rings is 2. The van der Waals surface area contributed by atoms with E-state index in [4.69, 9.17) is 10.5 Å². The average Bonchev–Trinajstić information content (AvgIpc) is 2.83. The van der Waals surface area contributed by atoms with Gasteiger partial charge in [0, 0.05) is 0 Å². The Morgan fingerprint density at radius 3 is 2.74 bits per heavy atom. The largest absolute Gasteiger partial charge is 0.491 e. The fourth-order valence-electron chi connectivity index (χ4n) is 2.82. The molecule has 3 rings (SSSR count). The van der Waals surface area contributed by atoms with Gasteiger partial charge in [-0.15, -0.1) is 0 Å². The van der Waals surface area contributed by atoms with Crippen LogP contribution in [0.5, 0.6) is 5.75 Å². The van der Waals surface area contributed by atoms with E-state index in [1.54, 1.807) is 0 Å². The number of fused-ring (bicyclic) bond motifs is 1. The number of anilines is 1. The summed E-state index contributed by atoms with van der Waals surface area (Å²) in [5, 5.41) is 0. The van der Waals surface area contributed by atoms with E-state index in [0.29, 0.717) is 25.0 Å². The number of para-hydroxylation sites is 2. The second kappa shape index (κ2) is 6.32. The fourth-order valence-corrected chi connectivity index (χ4v) is 2.82. The van der Waals surface area contributed by atoms with Crippen molar-refractivity contribution in [2.24, 2.45) is 0 Å². The number of hydrogen-bond acceptors (Lipinski definition) is 3. The molecule has 2 aromatic carbocycles. The molecule has 2 N–H and O–H groups in total. The molecule has 23 heavy (non-hydrogen) atoms. The second-order valence-corrected chi connectivity index (χ2v) is 6.15. The SMILES string of the molecule is Cc1ccc(C(C)C)c(OCCn2c(N)nc3ccccc32)c1. The highest BCUT2D eigenvalue weighted by molar-refractivity contribution is 5.78. The van der Waals surface area contributed by atoms with Gasteiger partial charge >= 0.3 is 0 Å². The first-order valence-corrected chi connectivity index (χ1v) is 8.00. The number of rotatable bonds is 5. The number of imidazole rings is 1. The van der Waals surface area contributed by atoms with Crippen molar-refractivity contribution in [2.45, 2.75) is 33.2 Å². The third-order valence-electron chi connectivity index (χ3n) is 4.05. The summed E-state index contributed by atoms with van der Waals surface area (Å²) in [6, 6.07) is 14.4. The van der Waals surface area contributed by atoms with Gasteiger partial charge in [-0.3, -0.25) is 0 Å². The molecule has 0 spiro atoms. The van der Waals surface area contributed by atoms with Crippen molar-refractivity contribution in [1.29, 1.82) is 0 Å². The van der Waals surface area contributed by atoms with E-state index < -0.39 is 0 Å². The van der Waals surface area contributed by atoms with Crippen LogP contribution in [0.1, 0.15) is 30.9 Å². The molecule has 1 aromatic heterocycles. The van der Waals surface area contributed by atoms with Gasteiger partial charge in [-0.2, -0.15) is 0 Å². The molecule has 0 aliphatic rings. The van der Waals surface area contributed by atoms with Crippen molar-refractivity contribution < 1.29 is 4.74 Å². The van der Waals surface area contributed by atoms with Gasteiger partial charge in [0.1, 0.15) is 12.4 Å². The van der Waals surface area contributed by atoms with Crippen molar-refractivity contribution in [3.63, 3.8) is 0 Å². The first-order valence-electron chi connectivity index (χ1n) is 8.00. The van der Waals surface area contributed by atoms with Crippen LogP contribution in [0.4, 0.5) is 5.95 Å². The molecule has 0 amide bonds. The Bertz CT molecular complexity index is 821. The van der Waals surface area contributed by atoms with Crippen LogP contribution < -0.4 is 10.5 Å². The smallest absolute Gasteiger partial charge is 0.201 e. The molecule has 4 nitrogen and oxygen atoms in total. The average molecular weight is 309 g/mol. The highest BCUT2D eigenvalue weighted by Crippen LogP contribution is 2.27. The van der Waals surface area contributed by atoms with Gasteiger partial charge in [0.25, 0.3) is 0 Å². The number of nitrogen functional groups attached to an aromatic ring is 1. The number of aromatic nitrogens is 2. The zero-order chi connectivity index (χ0) is 16.4. The van der Waals surface area contributed by atoms with Crippen molar-refractivity contribution >= 4 is 17.0 Å². The normalized spacial score (nSPS) is 11.3. The lowest BCUT2D eigenvalue weighted by Gasteiger charge is -2.15. The Balaban J connectivity index is 1.77. The van der Waals surface area contributed by atoms with Gasteiger partial charge in [-0.05, 0) is 42.2 Å². The highest BCUT2D eigenvalue weighted by atomic mass is 16.5. The molecule has 0 saturated carbocycles. The summed E-state index contributed by atoms with van der Waals surface area (Å²) in [7, 11) is 0. The van der Waals surface area contributed by atoms with E-state index in [9.17, 15) is 0 Å². The minimum absolute atomic E-state index is 0.435. The van der Waals surface area contributed by atoms with E-state index in [1.165, 1.54) is 11.1 Å². The quantitative estimate of drug-likeness (QED) is 0.771. The molecule has 0 atom stereocenters. The molecule has 0 aliphatic heterocycles. The standard InChI is InChI=1S/C19H23N3O/c1-13(2)15-9-8-14(3)12-18(15)23-11-10-22-17-7-5-4-6-16(17)21-19(22)20/h4-9,12-13H,10-11H2,1-3H3,(H2,20,21). The van der Waals surface area contributed by atoms with Gasteiger partial charge in [-0.1, -0.05) is 38.1 Å². The lowest BCUT2D eigenvalue weighted by molar-refractivity contribution is 0.297. The predicted molar refractivity (Wildman–Crippen MR) is 94.9 cm³/mol. The van der Waals surface area contributed by atoms with E-state index >= 15 is 0 Å². The number of nitrogens with zero attached hydrogens (tertiary/aromatic N) is 2. The van der Waals surface area contributed by atoms with Crippen LogP contribution in [0.25, 0.3) is 11.0 Å². The van der Waals surface area contributed by atoms with Gasteiger partial charge in [0.05, 0.1) is 17.6 Å². The van der Waals surface area contributed by atoms with E-state index in [0.717, 1.165) is 16.8 Å². The molecular formula is C19H23N3O. The Kier molecular flexibility index (Phi) is 4.24.